The second-order valence-corrected chi connectivity index (χ2v) is 11.8. The fourth-order valence-corrected chi connectivity index (χ4v) is 5.76. The average Bonchev–Trinajstić information content (AvgIpc) is 3.03. The van der Waals surface area contributed by atoms with Crippen molar-refractivity contribution in [3.63, 3.8) is 0 Å². The van der Waals surface area contributed by atoms with Crippen molar-refractivity contribution < 1.29 is 44.0 Å². The number of carbonyl (C=O) groups is 5. The molecule has 0 spiro atoms. The molecule has 2 aromatic carbocycles. The first-order chi connectivity index (χ1) is 22.5. The molecule has 1 fully saturated rings. The van der Waals surface area contributed by atoms with Gasteiger partial charge in [0.15, 0.2) is 0 Å². The zero-order valence-electron chi connectivity index (χ0n) is 27.2. The van der Waals surface area contributed by atoms with Crippen molar-refractivity contribution in [3.05, 3.63) is 42.0 Å². The van der Waals surface area contributed by atoms with Crippen LogP contribution in [0.1, 0.15) is 31.2 Å². The van der Waals surface area contributed by atoms with Gasteiger partial charge >= 0.3 is 17.9 Å². The van der Waals surface area contributed by atoms with Gasteiger partial charge in [0.25, 0.3) is 0 Å². The second kappa shape index (κ2) is 18.9. The van der Waals surface area contributed by atoms with Gasteiger partial charge in [0, 0.05) is 58.9 Å². The van der Waals surface area contributed by atoms with E-state index in [4.69, 9.17) is 4.74 Å². The van der Waals surface area contributed by atoms with Gasteiger partial charge in [-0.1, -0.05) is 24.3 Å². The van der Waals surface area contributed by atoms with Gasteiger partial charge < -0.3 is 30.2 Å². The van der Waals surface area contributed by atoms with Gasteiger partial charge in [0.2, 0.25) is 5.91 Å². The molecule has 0 aliphatic carbocycles. The monoisotopic (exact) mass is 657 g/mol. The third-order valence-corrected chi connectivity index (χ3v) is 8.57. The highest BCUT2D eigenvalue weighted by Crippen LogP contribution is 2.25. The number of rotatable bonds is 15. The Morgan fingerprint density at radius 2 is 1.38 bits per heavy atom. The molecule has 47 heavy (non-hydrogen) atoms. The Balaban J connectivity index is 1.64. The van der Waals surface area contributed by atoms with Crippen molar-refractivity contribution in [3.8, 4) is 5.75 Å². The zero-order chi connectivity index (χ0) is 34.3. The number of aldehydes is 1. The van der Waals surface area contributed by atoms with Crippen molar-refractivity contribution in [2.45, 2.75) is 31.7 Å². The zero-order valence-corrected chi connectivity index (χ0v) is 27.2. The van der Waals surface area contributed by atoms with Crippen LogP contribution in [-0.4, -0.2) is 157 Å². The molecule has 258 valence electrons. The molecule has 14 nitrogen and oxygen atoms in total. The summed E-state index contributed by atoms with van der Waals surface area (Å²) in [6.07, 6.45) is 1.42. The molecule has 1 aliphatic rings. The number of hydrogen-bond acceptors (Lipinski definition) is 10. The summed E-state index contributed by atoms with van der Waals surface area (Å²) in [6, 6.07) is 10.7. The Bertz CT molecular complexity index is 1370. The second-order valence-electron chi connectivity index (χ2n) is 11.8. The molecule has 1 saturated heterocycles. The standard InChI is InChI=1S/C33H47N5O9/c1-24(25-5-6-27-21-28(47-2)8-7-26(27)20-25)32(44)34-9-3-4-29(33(45)46)38-16-14-35(18-19-39)10-11-36(22-30(40)41)12-13-37(15-17-38)23-31(42)43/h5-8,19-21,24,29H,3-4,9-18,22-23H2,1-2H3,(H,34,44)(H,40,41)(H,42,43)(H,45,46)/t24-,29?/m0/s1. The van der Waals surface area contributed by atoms with E-state index in [-0.39, 0.29) is 58.1 Å². The number of nitrogens with zero attached hydrogens (tertiary/aromatic N) is 4. The topological polar surface area (TPSA) is 180 Å². The third kappa shape index (κ3) is 12.2. The summed E-state index contributed by atoms with van der Waals surface area (Å²) in [4.78, 5) is 66.8. The first-order valence-electron chi connectivity index (χ1n) is 15.9. The van der Waals surface area contributed by atoms with Gasteiger partial charge in [0.05, 0.1) is 32.7 Å². The highest BCUT2D eigenvalue weighted by Gasteiger charge is 2.27. The van der Waals surface area contributed by atoms with Crippen LogP contribution in [0.5, 0.6) is 5.75 Å². The number of hydrogen-bond donors (Lipinski definition) is 4. The number of carbonyl (C=O) groups excluding carboxylic acids is 2. The van der Waals surface area contributed by atoms with Gasteiger partial charge in [-0.15, -0.1) is 0 Å². The number of ether oxygens (including phenoxy) is 1. The van der Waals surface area contributed by atoms with Crippen LogP contribution in [0.15, 0.2) is 36.4 Å². The first-order valence-corrected chi connectivity index (χ1v) is 15.9. The van der Waals surface area contributed by atoms with Crippen LogP contribution in [-0.2, 0) is 24.0 Å². The van der Waals surface area contributed by atoms with E-state index in [1.807, 2.05) is 48.2 Å². The number of fused-ring (bicyclic) bond motifs is 1. The molecule has 4 N–H and O–H groups in total. The lowest BCUT2D eigenvalue weighted by atomic mass is 9.97. The summed E-state index contributed by atoms with van der Waals surface area (Å²) in [6.45, 7) is 4.30. The molecular formula is C33H47N5O9. The van der Waals surface area contributed by atoms with Crippen LogP contribution in [0.2, 0.25) is 0 Å². The Kier molecular flexibility index (Phi) is 15.0. The Morgan fingerprint density at radius 3 is 1.96 bits per heavy atom. The summed E-state index contributed by atoms with van der Waals surface area (Å²) >= 11 is 0. The van der Waals surface area contributed by atoms with Crippen LogP contribution in [0.25, 0.3) is 10.8 Å². The minimum atomic E-state index is -1.03. The van der Waals surface area contributed by atoms with Crippen LogP contribution in [0, 0.1) is 0 Å². The fourth-order valence-electron chi connectivity index (χ4n) is 5.76. The lowest BCUT2D eigenvalue weighted by Crippen LogP contribution is -2.51. The third-order valence-electron chi connectivity index (χ3n) is 8.57. The predicted octanol–water partition coefficient (Wildman–Crippen LogP) is 0.891. The fraction of sp³-hybridized carbons (Fsp3) is 0.545. The van der Waals surface area contributed by atoms with E-state index in [1.165, 1.54) is 0 Å². The number of amides is 1. The van der Waals surface area contributed by atoms with Gasteiger partial charge in [-0.2, -0.15) is 0 Å². The molecule has 1 unspecified atom stereocenters. The van der Waals surface area contributed by atoms with E-state index in [1.54, 1.807) is 21.8 Å². The molecule has 1 aliphatic heterocycles. The number of carboxylic acids is 3. The SMILES string of the molecule is COc1ccc2cc([C@H](C)C(=O)NCCCC(C(=O)O)N3CCN(CC=O)CCN(CC(=O)O)CCN(CC(=O)O)CC3)ccc2c1. The van der Waals surface area contributed by atoms with Crippen LogP contribution < -0.4 is 10.1 Å². The summed E-state index contributed by atoms with van der Waals surface area (Å²) in [5, 5.41) is 33.9. The predicted molar refractivity (Wildman–Crippen MR) is 175 cm³/mol. The summed E-state index contributed by atoms with van der Waals surface area (Å²) < 4.78 is 5.28. The highest BCUT2D eigenvalue weighted by molar-refractivity contribution is 5.88. The molecule has 0 aromatic heterocycles. The van der Waals surface area contributed by atoms with E-state index in [0.29, 0.717) is 39.1 Å². The van der Waals surface area contributed by atoms with Crippen LogP contribution in [0.3, 0.4) is 0 Å². The van der Waals surface area contributed by atoms with E-state index in [0.717, 1.165) is 28.4 Å². The summed E-state index contributed by atoms with van der Waals surface area (Å²) in [5.41, 5.74) is 0.861. The van der Waals surface area contributed by atoms with Gasteiger partial charge in [0.1, 0.15) is 18.1 Å². The van der Waals surface area contributed by atoms with Crippen LogP contribution in [0.4, 0.5) is 0 Å². The molecule has 2 aromatic rings. The van der Waals surface area contributed by atoms with Gasteiger partial charge in [-0.3, -0.25) is 38.8 Å². The number of aliphatic carboxylic acids is 3. The van der Waals surface area contributed by atoms with E-state index in [9.17, 15) is 39.3 Å². The van der Waals surface area contributed by atoms with Gasteiger partial charge in [-0.25, -0.2) is 0 Å². The lowest BCUT2D eigenvalue weighted by molar-refractivity contribution is -0.144. The molecule has 0 saturated carbocycles. The molecule has 14 heteroatoms. The maximum Gasteiger partial charge on any atom is 0.320 e. The lowest BCUT2D eigenvalue weighted by Gasteiger charge is -2.35. The summed E-state index contributed by atoms with van der Waals surface area (Å²) in [5.74, 6) is -2.88. The molecule has 1 heterocycles. The van der Waals surface area contributed by atoms with Gasteiger partial charge in [-0.05, 0) is 48.2 Å². The van der Waals surface area contributed by atoms with Crippen molar-refractivity contribution in [2.75, 3.05) is 85.6 Å². The molecule has 0 bridgehead atoms. The maximum atomic E-state index is 13.0. The smallest absolute Gasteiger partial charge is 0.320 e. The summed E-state index contributed by atoms with van der Waals surface area (Å²) in [7, 11) is 1.61. The van der Waals surface area contributed by atoms with Crippen molar-refractivity contribution in [2.24, 2.45) is 0 Å². The normalized spacial score (nSPS) is 17.6. The molecule has 3 rings (SSSR count). The molecule has 0 radical (unpaired) electrons. The molecule has 1 amide bonds. The van der Waals surface area contributed by atoms with Crippen molar-refractivity contribution in [1.29, 1.82) is 0 Å². The highest BCUT2D eigenvalue weighted by atomic mass is 16.5. The van der Waals surface area contributed by atoms with E-state index < -0.39 is 29.9 Å². The van der Waals surface area contributed by atoms with E-state index >= 15 is 0 Å². The molecule has 2 atom stereocenters. The van der Waals surface area contributed by atoms with Crippen LogP contribution >= 0.6 is 0 Å². The quantitative estimate of drug-likeness (QED) is 0.157. The number of nitrogens with one attached hydrogen (secondary N) is 1. The minimum absolute atomic E-state index is 0.118. The largest absolute Gasteiger partial charge is 0.497 e. The Hall–Kier alpha value is -4.11. The Labute approximate surface area is 274 Å². The number of carboxylic acid groups (broad SMARTS) is 3. The minimum Gasteiger partial charge on any atom is -0.497 e. The number of benzene rings is 2. The first kappa shape index (κ1) is 37.3. The van der Waals surface area contributed by atoms with Crippen molar-refractivity contribution in [1.82, 2.24) is 24.9 Å². The maximum absolute atomic E-state index is 13.0. The number of methoxy groups -OCH3 is 1. The van der Waals surface area contributed by atoms with Crippen molar-refractivity contribution >= 4 is 40.9 Å². The Morgan fingerprint density at radius 1 is 0.830 bits per heavy atom. The average molecular weight is 658 g/mol. The molecular weight excluding hydrogens is 610 g/mol. The van der Waals surface area contributed by atoms with E-state index in [2.05, 4.69) is 5.32 Å².